The fourth-order valence-electron chi connectivity index (χ4n) is 2.97. The molecule has 0 saturated heterocycles. The van der Waals surface area contributed by atoms with Gasteiger partial charge in [-0.15, -0.1) is 0 Å². The maximum Gasteiger partial charge on any atom is 0.265 e. The summed E-state index contributed by atoms with van der Waals surface area (Å²) in [5.41, 5.74) is 3.99. The highest BCUT2D eigenvalue weighted by Gasteiger charge is 2.16. The molecule has 0 aromatic heterocycles. The number of rotatable bonds is 7. The first-order chi connectivity index (χ1) is 14.4. The molecule has 0 aliphatic heterocycles. The van der Waals surface area contributed by atoms with Crippen molar-refractivity contribution in [1.82, 2.24) is 0 Å². The molecule has 0 aliphatic rings. The predicted octanol–water partition coefficient (Wildman–Crippen LogP) is 5.22. The number of carbonyl (C=O) groups excluding carboxylic acids is 2. The topological polar surface area (TPSA) is 67.4 Å². The quantitative estimate of drug-likeness (QED) is 0.570. The lowest BCUT2D eigenvalue weighted by atomic mass is 10.1. The molecule has 3 aromatic carbocycles. The van der Waals surface area contributed by atoms with Crippen molar-refractivity contribution in [2.75, 3.05) is 10.6 Å². The largest absolute Gasteiger partial charge is 0.481 e. The lowest BCUT2D eigenvalue weighted by Gasteiger charge is -2.15. The third kappa shape index (κ3) is 5.70. The summed E-state index contributed by atoms with van der Waals surface area (Å²) in [7, 11) is 0. The van der Waals surface area contributed by atoms with Crippen molar-refractivity contribution in [3.8, 4) is 5.75 Å². The minimum atomic E-state index is -0.678. The third-order valence-corrected chi connectivity index (χ3v) is 4.68. The maximum absolute atomic E-state index is 12.5. The molecule has 0 spiro atoms. The van der Waals surface area contributed by atoms with E-state index in [1.54, 1.807) is 31.2 Å². The van der Waals surface area contributed by atoms with Crippen molar-refractivity contribution in [3.63, 3.8) is 0 Å². The van der Waals surface area contributed by atoms with Crippen LogP contribution >= 0.6 is 0 Å². The van der Waals surface area contributed by atoms with Crippen LogP contribution in [0.2, 0.25) is 0 Å². The number of anilines is 2. The van der Waals surface area contributed by atoms with Gasteiger partial charge in [-0.2, -0.15) is 0 Å². The van der Waals surface area contributed by atoms with Crippen LogP contribution in [0.5, 0.6) is 5.75 Å². The van der Waals surface area contributed by atoms with Crippen LogP contribution in [0.3, 0.4) is 0 Å². The summed E-state index contributed by atoms with van der Waals surface area (Å²) in [6.45, 7) is 5.74. The van der Waals surface area contributed by atoms with Gasteiger partial charge in [0.25, 0.3) is 11.8 Å². The second-order valence-electron chi connectivity index (χ2n) is 7.15. The van der Waals surface area contributed by atoms with Crippen molar-refractivity contribution >= 4 is 23.2 Å². The Morgan fingerprint density at radius 2 is 1.57 bits per heavy atom. The third-order valence-electron chi connectivity index (χ3n) is 4.68. The second kappa shape index (κ2) is 9.74. The van der Waals surface area contributed by atoms with Crippen LogP contribution in [0.1, 0.15) is 35.3 Å². The number of benzene rings is 3. The van der Waals surface area contributed by atoms with Gasteiger partial charge < -0.3 is 15.4 Å². The van der Waals surface area contributed by atoms with E-state index < -0.39 is 6.10 Å². The molecule has 0 radical (unpaired) electrons. The van der Waals surface area contributed by atoms with Gasteiger partial charge in [0.15, 0.2) is 6.10 Å². The molecule has 1 unspecified atom stereocenters. The van der Waals surface area contributed by atoms with E-state index in [4.69, 9.17) is 4.74 Å². The van der Waals surface area contributed by atoms with E-state index in [9.17, 15) is 9.59 Å². The average molecular weight is 402 g/mol. The number of ether oxygens (including phenoxy) is 1. The number of amides is 2. The van der Waals surface area contributed by atoms with E-state index in [1.165, 1.54) is 5.56 Å². The highest BCUT2D eigenvalue weighted by Crippen LogP contribution is 2.17. The van der Waals surface area contributed by atoms with E-state index in [-0.39, 0.29) is 11.8 Å². The summed E-state index contributed by atoms with van der Waals surface area (Å²) in [5, 5.41) is 5.68. The number of hydrogen-bond donors (Lipinski definition) is 2. The van der Waals surface area contributed by atoms with Crippen LogP contribution in [0.15, 0.2) is 72.8 Å². The fourth-order valence-corrected chi connectivity index (χ4v) is 2.97. The SMILES string of the molecule is CCc1ccc(OC(C)C(=O)Nc2cccc(C(=O)Nc3cccc(C)c3)c2)cc1. The minimum Gasteiger partial charge on any atom is -0.481 e. The van der Waals surface area contributed by atoms with Gasteiger partial charge in [-0.25, -0.2) is 0 Å². The highest BCUT2D eigenvalue weighted by atomic mass is 16.5. The zero-order chi connectivity index (χ0) is 21.5. The summed E-state index contributed by atoms with van der Waals surface area (Å²) in [5.74, 6) is 0.115. The molecule has 0 bridgehead atoms. The molecule has 154 valence electrons. The number of nitrogens with one attached hydrogen (secondary N) is 2. The van der Waals surface area contributed by atoms with E-state index in [0.29, 0.717) is 17.0 Å². The molecule has 0 aliphatic carbocycles. The zero-order valence-electron chi connectivity index (χ0n) is 17.4. The first kappa shape index (κ1) is 21.1. The molecule has 0 heterocycles. The molecule has 0 fully saturated rings. The zero-order valence-corrected chi connectivity index (χ0v) is 17.4. The van der Waals surface area contributed by atoms with Crippen LogP contribution in [-0.2, 0) is 11.2 Å². The molecule has 1 atom stereocenters. The molecule has 30 heavy (non-hydrogen) atoms. The first-order valence-electron chi connectivity index (χ1n) is 9.99. The number of aryl methyl sites for hydroxylation is 2. The smallest absolute Gasteiger partial charge is 0.265 e. The summed E-state index contributed by atoms with van der Waals surface area (Å²) < 4.78 is 5.72. The first-order valence-corrected chi connectivity index (χ1v) is 9.99. The highest BCUT2D eigenvalue weighted by molar-refractivity contribution is 6.05. The van der Waals surface area contributed by atoms with Crippen molar-refractivity contribution < 1.29 is 14.3 Å². The predicted molar refractivity (Wildman–Crippen MR) is 120 cm³/mol. The van der Waals surface area contributed by atoms with Crippen molar-refractivity contribution in [2.24, 2.45) is 0 Å². The lowest BCUT2D eigenvalue weighted by molar-refractivity contribution is -0.122. The monoisotopic (exact) mass is 402 g/mol. The van der Waals surface area contributed by atoms with Gasteiger partial charge >= 0.3 is 0 Å². The van der Waals surface area contributed by atoms with Crippen molar-refractivity contribution in [1.29, 1.82) is 0 Å². The van der Waals surface area contributed by atoms with Gasteiger partial charge in [-0.3, -0.25) is 9.59 Å². The maximum atomic E-state index is 12.5. The molecule has 5 nitrogen and oxygen atoms in total. The van der Waals surface area contributed by atoms with Gasteiger partial charge in [-0.1, -0.05) is 37.3 Å². The molecular weight excluding hydrogens is 376 g/mol. The van der Waals surface area contributed by atoms with Crippen LogP contribution in [0.4, 0.5) is 11.4 Å². The van der Waals surface area contributed by atoms with Crippen molar-refractivity contribution in [2.45, 2.75) is 33.3 Å². The van der Waals surface area contributed by atoms with E-state index in [0.717, 1.165) is 17.7 Å². The van der Waals surface area contributed by atoms with E-state index >= 15 is 0 Å². The Labute approximate surface area is 177 Å². The molecule has 3 aromatic rings. The standard InChI is InChI=1S/C25H26N2O3/c1-4-19-11-13-23(14-12-19)30-18(3)24(28)26-22-10-6-8-20(16-22)25(29)27-21-9-5-7-17(2)15-21/h5-16,18H,4H2,1-3H3,(H,26,28)(H,27,29). The second-order valence-corrected chi connectivity index (χ2v) is 7.15. The van der Waals surface area contributed by atoms with Crippen molar-refractivity contribution in [3.05, 3.63) is 89.5 Å². The van der Waals surface area contributed by atoms with Crippen LogP contribution in [0, 0.1) is 6.92 Å². The average Bonchev–Trinajstić information content (AvgIpc) is 2.74. The Hall–Kier alpha value is -3.60. The Morgan fingerprint density at radius 3 is 2.23 bits per heavy atom. The number of hydrogen-bond acceptors (Lipinski definition) is 3. The van der Waals surface area contributed by atoms with Gasteiger partial charge in [0, 0.05) is 16.9 Å². The van der Waals surface area contributed by atoms with Gasteiger partial charge in [0.1, 0.15) is 5.75 Å². The lowest BCUT2D eigenvalue weighted by Crippen LogP contribution is -2.30. The Kier molecular flexibility index (Phi) is 6.86. The van der Waals surface area contributed by atoms with Crippen LogP contribution in [0.25, 0.3) is 0 Å². The number of carbonyl (C=O) groups is 2. The van der Waals surface area contributed by atoms with Gasteiger partial charge in [0.05, 0.1) is 0 Å². The van der Waals surface area contributed by atoms with Gasteiger partial charge in [0.2, 0.25) is 0 Å². The van der Waals surface area contributed by atoms with Crippen LogP contribution < -0.4 is 15.4 Å². The van der Waals surface area contributed by atoms with Gasteiger partial charge in [-0.05, 0) is 73.9 Å². The summed E-state index contributed by atoms with van der Waals surface area (Å²) >= 11 is 0. The Bertz CT molecular complexity index is 1030. The summed E-state index contributed by atoms with van der Waals surface area (Å²) in [6.07, 6.45) is 0.270. The normalized spacial score (nSPS) is 11.4. The summed E-state index contributed by atoms with van der Waals surface area (Å²) in [6, 6.07) is 22.1. The Balaban J connectivity index is 1.62. The molecule has 0 saturated carbocycles. The minimum absolute atomic E-state index is 0.239. The molecule has 3 rings (SSSR count). The molecular formula is C25H26N2O3. The molecule has 2 amide bonds. The Morgan fingerprint density at radius 1 is 0.900 bits per heavy atom. The van der Waals surface area contributed by atoms with E-state index in [1.807, 2.05) is 55.5 Å². The molecule has 2 N–H and O–H groups in total. The van der Waals surface area contributed by atoms with Crippen LogP contribution in [-0.4, -0.2) is 17.9 Å². The molecule has 5 heteroatoms. The summed E-state index contributed by atoms with van der Waals surface area (Å²) in [4.78, 5) is 25.1. The fraction of sp³-hybridized carbons (Fsp3) is 0.200. The van der Waals surface area contributed by atoms with E-state index in [2.05, 4.69) is 17.6 Å².